The molecule has 0 radical (unpaired) electrons. The van der Waals surface area contributed by atoms with Gasteiger partial charge in [-0.25, -0.2) is 9.83 Å². The highest BCUT2D eigenvalue weighted by molar-refractivity contribution is 7.90. The molecule has 7 heteroatoms. The Labute approximate surface area is 164 Å². The van der Waals surface area contributed by atoms with E-state index in [0.717, 1.165) is 29.3 Å². The van der Waals surface area contributed by atoms with Crippen LogP contribution in [0.15, 0.2) is 60.7 Å². The first-order valence-corrected chi connectivity index (χ1v) is 10.6. The summed E-state index contributed by atoms with van der Waals surface area (Å²) in [7, 11) is -3.64. The van der Waals surface area contributed by atoms with Crippen molar-refractivity contribution >= 4 is 32.6 Å². The van der Waals surface area contributed by atoms with Crippen molar-refractivity contribution < 1.29 is 8.42 Å². The Balaban J connectivity index is 1.43. The molecule has 1 N–H and O–H groups in total. The molecule has 0 aliphatic carbocycles. The molecule has 0 spiro atoms. The van der Waals surface area contributed by atoms with E-state index in [-0.39, 0.29) is 0 Å². The van der Waals surface area contributed by atoms with Crippen molar-refractivity contribution in [3.8, 4) is 0 Å². The Morgan fingerprint density at radius 3 is 2.43 bits per heavy atom. The second-order valence-electron chi connectivity index (χ2n) is 6.87. The first-order valence-electron chi connectivity index (χ1n) is 9.16. The number of fused-ring (bicyclic) bond motifs is 1. The molecule has 4 rings (SSSR count). The molecule has 142 valence electrons. The molecule has 2 aromatic carbocycles. The first kappa shape index (κ1) is 18.4. The van der Waals surface area contributed by atoms with Gasteiger partial charge < -0.3 is 0 Å². The molecule has 1 aliphatic rings. The summed E-state index contributed by atoms with van der Waals surface area (Å²) < 4.78 is 29.6. The fourth-order valence-electron chi connectivity index (χ4n) is 3.57. The van der Waals surface area contributed by atoms with E-state index in [9.17, 15) is 8.42 Å². The maximum absolute atomic E-state index is 12.8. The lowest BCUT2D eigenvalue weighted by Gasteiger charge is -2.31. The number of benzene rings is 2. The number of nitrogens with zero attached hydrogens (tertiary/aromatic N) is 3. The lowest BCUT2D eigenvalue weighted by atomic mass is 9.90. The quantitative estimate of drug-likeness (QED) is 0.673. The Morgan fingerprint density at radius 2 is 1.71 bits per heavy atom. The summed E-state index contributed by atoms with van der Waals surface area (Å²) in [6.07, 6.45) is 1.51. The summed E-state index contributed by atoms with van der Waals surface area (Å²) in [6, 6.07) is 18.7. The maximum atomic E-state index is 12.8. The Bertz CT molecular complexity index is 1130. The van der Waals surface area contributed by atoms with Crippen molar-refractivity contribution in [2.75, 3.05) is 17.8 Å². The van der Waals surface area contributed by atoms with Crippen molar-refractivity contribution in [2.24, 2.45) is 0 Å². The van der Waals surface area contributed by atoms with Crippen LogP contribution in [0.25, 0.3) is 15.7 Å². The molecular weight excluding hydrogens is 372 g/mol. The normalized spacial score (nSPS) is 16.0. The molecule has 0 unspecified atom stereocenters. The van der Waals surface area contributed by atoms with Gasteiger partial charge in [0.1, 0.15) is 5.82 Å². The Hall–Kier alpha value is -2.95. The predicted octanol–water partition coefficient (Wildman–Crippen LogP) is 4.32. The molecule has 28 heavy (non-hydrogen) atoms. The van der Waals surface area contributed by atoms with Crippen molar-refractivity contribution in [2.45, 2.75) is 18.8 Å². The van der Waals surface area contributed by atoms with Crippen molar-refractivity contribution in [1.29, 1.82) is 0 Å². The van der Waals surface area contributed by atoms with Crippen LogP contribution in [0, 0.1) is 6.57 Å². The second-order valence-corrected chi connectivity index (χ2v) is 8.54. The zero-order chi connectivity index (χ0) is 19.6. The number of hydrogen-bond donors (Lipinski definition) is 1. The number of piperidine rings is 1. The van der Waals surface area contributed by atoms with Crippen LogP contribution < -0.4 is 4.72 Å². The number of nitrogens with one attached hydrogen (secondary N) is 1. The summed E-state index contributed by atoms with van der Waals surface area (Å²) in [5.74, 6) is 0.639. The highest BCUT2D eigenvalue weighted by atomic mass is 32.2. The Morgan fingerprint density at radius 1 is 1.00 bits per heavy atom. The van der Waals surface area contributed by atoms with Crippen molar-refractivity contribution in [3.05, 3.63) is 77.6 Å². The number of pyridine rings is 1. The zero-order valence-electron chi connectivity index (χ0n) is 15.2. The molecule has 0 amide bonds. The minimum absolute atomic E-state index is 0.310. The monoisotopic (exact) mass is 392 g/mol. The van der Waals surface area contributed by atoms with Gasteiger partial charge in [-0.2, -0.15) is 12.7 Å². The van der Waals surface area contributed by atoms with Crippen LogP contribution in [-0.2, 0) is 10.2 Å². The van der Waals surface area contributed by atoms with E-state index in [2.05, 4.69) is 14.6 Å². The van der Waals surface area contributed by atoms with Crippen LogP contribution in [0.3, 0.4) is 0 Å². The summed E-state index contributed by atoms with van der Waals surface area (Å²) >= 11 is 0. The van der Waals surface area contributed by atoms with Crippen LogP contribution in [0.2, 0.25) is 0 Å². The summed E-state index contributed by atoms with van der Waals surface area (Å²) in [6.45, 7) is 7.94. The largest absolute Gasteiger partial charge is 0.302 e. The summed E-state index contributed by atoms with van der Waals surface area (Å²) in [5, 5.41) is 0.968. The molecule has 1 fully saturated rings. The van der Waals surface area contributed by atoms with Gasteiger partial charge in [-0.3, -0.25) is 4.72 Å². The van der Waals surface area contributed by atoms with Gasteiger partial charge >= 0.3 is 10.2 Å². The van der Waals surface area contributed by atoms with E-state index in [0.29, 0.717) is 30.5 Å². The average molecular weight is 392 g/mol. The van der Waals surface area contributed by atoms with Crippen molar-refractivity contribution in [3.63, 3.8) is 0 Å². The molecule has 1 aliphatic heterocycles. The van der Waals surface area contributed by atoms with Crippen LogP contribution in [0.1, 0.15) is 24.3 Å². The maximum Gasteiger partial charge on any atom is 0.302 e. The lowest BCUT2D eigenvalue weighted by Crippen LogP contribution is -2.41. The van der Waals surface area contributed by atoms with E-state index in [4.69, 9.17) is 6.57 Å². The van der Waals surface area contributed by atoms with Crippen LogP contribution >= 0.6 is 0 Å². The number of aromatic nitrogens is 1. The lowest BCUT2D eigenvalue weighted by molar-refractivity contribution is 0.321. The minimum atomic E-state index is -3.64. The van der Waals surface area contributed by atoms with Gasteiger partial charge in [0.2, 0.25) is 0 Å². The number of para-hydroxylation sites is 1. The molecule has 1 aromatic heterocycles. The molecule has 0 saturated carbocycles. The van der Waals surface area contributed by atoms with E-state index < -0.39 is 10.2 Å². The molecule has 1 saturated heterocycles. The third kappa shape index (κ3) is 3.84. The molecule has 6 nitrogen and oxygen atoms in total. The van der Waals surface area contributed by atoms with Gasteiger partial charge in [0, 0.05) is 18.5 Å². The molecule has 0 atom stereocenters. The van der Waals surface area contributed by atoms with Crippen LogP contribution in [0.4, 0.5) is 11.5 Å². The van der Waals surface area contributed by atoms with Gasteiger partial charge in [0.25, 0.3) is 0 Å². The molecule has 3 aromatic rings. The second kappa shape index (κ2) is 7.58. The molecule has 0 bridgehead atoms. The zero-order valence-corrected chi connectivity index (χ0v) is 16.1. The van der Waals surface area contributed by atoms with Gasteiger partial charge in [0.15, 0.2) is 5.69 Å². The standard InChI is InChI=1S/C21H20N4O2S/c1-22-19-9-6-16(7-10-19)17-12-14-25(15-13-17)28(26,27)24-21-11-8-18-4-2-3-5-20(18)23-21/h2-11,17H,12-15H2,(H,23,24). The number of anilines is 1. The first-order chi connectivity index (χ1) is 13.5. The topological polar surface area (TPSA) is 66.7 Å². The SMILES string of the molecule is [C-]#[N+]c1ccc(C2CCN(S(=O)(=O)Nc3ccc4ccccc4n3)CC2)cc1. The van der Waals surface area contributed by atoms with E-state index in [1.165, 1.54) is 4.31 Å². The molecular formula is C21H20N4O2S. The van der Waals surface area contributed by atoms with Crippen molar-refractivity contribution in [1.82, 2.24) is 9.29 Å². The van der Waals surface area contributed by atoms with Crippen LogP contribution in [0.5, 0.6) is 0 Å². The van der Waals surface area contributed by atoms with E-state index in [1.54, 1.807) is 6.07 Å². The van der Waals surface area contributed by atoms with Gasteiger partial charge in [0.05, 0.1) is 12.1 Å². The Kier molecular flexibility index (Phi) is 4.99. The highest BCUT2D eigenvalue weighted by Gasteiger charge is 2.29. The van der Waals surface area contributed by atoms with Gasteiger partial charge in [-0.05, 0) is 42.5 Å². The summed E-state index contributed by atoms with van der Waals surface area (Å²) in [4.78, 5) is 7.80. The number of hydrogen-bond acceptors (Lipinski definition) is 3. The fourth-order valence-corrected chi connectivity index (χ4v) is 4.77. The van der Waals surface area contributed by atoms with Gasteiger partial charge in [-0.15, -0.1) is 0 Å². The van der Waals surface area contributed by atoms with E-state index in [1.807, 2.05) is 54.6 Å². The minimum Gasteiger partial charge on any atom is -0.254 e. The molecule has 2 heterocycles. The highest BCUT2D eigenvalue weighted by Crippen LogP contribution is 2.30. The average Bonchev–Trinajstić information content (AvgIpc) is 2.73. The third-order valence-corrected chi connectivity index (χ3v) is 6.63. The third-order valence-electron chi connectivity index (χ3n) is 5.12. The predicted molar refractivity (Wildman–Crippen MR) is 111 cm³/mol. The number of rotatable bonds is 4. The smallest absolute Gasteiger partial charge is 0.254 e. The fraction of sp³-hybridized carbons (Fsp3) is 0.238. The van der Waals surface area contributed by atoms with Crippen LogP contribution in [-0.4, -0.2) is 30.8 Å². The summed E-state index contributed by atoms with van der Waals surface area (Å²) in [5.41, 5.74) is 2.54. The van der Waals surface area contributed by atoms with Gasteiger partial charge in [-0.1, -0.05) is 42.5 Å². The van der Waals surface area contributed by atoms with E-state index >= 15 is 0 Å².